The minimum Gasteiger partial charge on any atom is -0.481 e. The van der Waals surface area contributed by atoms with Gasteiger partial charge in [0, 0.05) is 13.1 Å². The molecule has 6 heteroatoms. The first-order valence-electron chi connectivity index (χ1n) is 7.24. The number of hydrogen-bond donors (Lipinski definition) is 1. The van der Waals surface area contributed by atoms with Crippen molar-refractivity contribution in [2.45, 2.75) is 53.4 Å². The first-order valence-corrected chi connectivity index (χ1v) is 8.85. The number of carboxylic acids is 1. The van der Waals surface area contributed by atoms with Crippen molar-refractivity contribution in [2.24, 2.45) is 10.8 Å². The molecule has 1 unspecified atom stereocenters. The maximum atomic E-state index is 12.3. The van der Waals surface area contributed by atoms with Crippen molar-refractivity contribution >= 4 is 16.0 Å². The third kappa shape index (κ3) is 4.19. The molecular formula is C14H27NO4S. The number of rotatable bonds is 6. The number of nitrogens with zero attached hydrogens (tertiary/aromatic N) is 1. The van der Waals surface area contributed by atoms with E-state index in [9.17, 15) is 18.3 Å². The average molecular weight is 305 g/mol. The van der Waals surface area contributed by atoms with Crippen molar-refractivity contribution in [1.29, 1.82) is 0 Å². The number of hydrogen-bond acceptors (Lipinski definition) is 3. The molecule has 0 radical (unpaired) electrons. The van der Waals surface area contributed by atoms with Gasteiger partial charge in [0.2, 0.25) is 10.0 Å². The quantitative estimate of drug-likeness (QED) is 0.817. The Labute approximate surface area is 122 Å². The van der Waals surface area contributed by atoms with Gasteiger partial charge < -0.3 is 5.11 Å². The monoisotopic (exact) mass is 305 g/mol. The van der Waals surface area contributed by atoms with Crippen LogP contribution in [0.5, 0.6) is 0 Å². The first kappa shape index (κ1) is 17.4. The van der Waals surface area contributed by atoms with Crippen LogP contribution in [0.2, 0.25) is 0 Å². The van der Waals surface area contributed by atoms with Gasteiger partial charge in [-0.3, -0.25) is 4.79 Å². The normalized spacial score (nSPS) is 25.0. The summed E-state index contributed by atoms with van der Waals surface area (Å²) >= 11 is 0. The summed E-state index contributed by atoms with van der Waals surface area (Å²) in [5.41, 5.74) is -0.927. The number of carbonyl (C=O) groups is 1. The van der Waals surface area contributed by atoms with Crippen LogP contribution in [0.3, 0.4) is 0 Å². The highest BCUT2D eigenvalue weighted by atomic mass is 32.2. The molecule has 1 rings (SSSR count). The van der Waals surface area contributed by atoms with Gasteiger partial charge in [0.05, 0.1) is 11.2 Å². The Hall–Kier alpha value is -0.620. The number of sulfonamides is 1. The molecule has 20 heavy (non-hydrogen) atoms. The van der Waals surface area contributed by atoms with Gasteiger partial charge in [0.1, 0.15) is 0 Å². The van der Waals surface area contributed by atoms with Crippen LogP contribution < -0.4 is 0 Å². The summed E-state index contributed by atoms with van der Waals surface area (Å²) in [7, 11) is -3.35. The zero-order valence-corrected chi connectivity index (χ0v) is 13.8. The average Bonchev–Trinajstić information content (AvgIpc) is 2.73. The summed E-state index contributed by atoms with van der Waals surface area (Å²) in [5, 5.41) is 9.42. The highest BCUT2D eigenvalue weighted by molar-refractivity contribution is 7.89. The van der Waals surface area contributed by atoms with Crippen molar-refractivity contribution < 1.29 is 18.3 Å². The minimum absolute atomic E-state index is 0.0416. The summed E-state index contributed by atoms with van der Waals surface area (Å²) in [6, 6.07) is 0. The molecule has 118 valence electrons. The summed E-state index contributed by atoms with van der Waals surface area (Å²) in [4.78, 5) is 11.5. The molecule has 1 N–H and O–H groups in total. The molecule has 1 atom stereocenters. The standard InChI is InChI=1S/C14H27NO4S/c1-5-6-14(12(16)17)7-9-15(11-14)20(18,19)10-8-13(2,3)4/h5-11H2,1-4H3,(H,16,17). The molecule has 0 spiro atoms. The molecule has 0 aromatic rings. The van der Waals surface area contributed by atoms with Crippen LogP contribution in [0.15, 0.2) is 0 Å². The molecule has 0 aromatic heterocycles. The lowest BCUT2D eigenvalue weighted by molar-refractivity contribution is -0.148. The predicted octanol–water partition coefficient (Wildman–Crippen LogP) is 2.33. The van der Waals surface area contributed by atoms with Crippen LogP contribution in [0, 0.1) is 10.8 Å². The Balaban J connectivity index is 2.77. The second-order valence-corrected chi connectivity index (χ2v) is 9.13. The van der Waals surface area contributed by atoms with Gasteiger partial charge in [0.15, 0.2) is 0 Å². The third-order valence-electron chi connectivity index (χ3n) is 4.00. The minimum atomic E-state index is -3.35. The van der Waals surface area contributed by atoms with E-state index in [4.69, 9.17) is 0 Å². The van der Waals surface area contributed by atoms with Crippen LogP contribution in [0.4, 0.5) is 0 Å². The van der Waals surface area contributed by atoms with Crippen LogP contribution >= 0.6 is 0 Å². The number of carboxylic acid groups (broad SMARTS) is 1. The zero-order chi connectivity index (χ0) is 15.6. The van der Waals surface area contributed by atoms with E-state index in [1.54, 1.807) is 0 Å². The summed E-state index contributed by atoms with van der Waals surface area (Å²) in [6.07, 6.45) is 2.29. The molecular weight excluding hydrogens is 278 g/mol. The maximum Gasteiger partial charge on any atom is 0.311 e. The molecule has 0 saturated carbocycles. The summed E-state index contributed by atoms with van der Waals surface area (Å²) in [5.74, 6) is -0.772. The molecule has 0 amide bonds. The molecule has 0 aliphatic carbocycles. The molecule has 1 aliphatic heterocycles. The van der Waals surface area contributed by atoms with E-state index in [0.717, 1.165) is 6.42 Å². The van der Waals surface area contributed by atoms with Gasteiger partial charge in [-0.2, -0.15) is 0 Å². The summed E-state index contributed by atoms with van der Waals surface area (Å²) in [6.45, 7) is 8.41. The van der Waals surface area contributed by atoms with E-state index < -0.39 is 21.4 Å². The van der Waals surface area contributed by atoms with Crippen LogP contribution in [0.1, 0.15) is 53.4 Å². The van der Waals surface area contributed by atoms with Gasteiger partial charge >= 0.3 is 5.97 Å². The number of aliphatic carboxylic acids is 1. The second-order valence-electron chi connectivity index (χ2n) is 7.05. The van der Waals surface area contributed by atoms with E-state index in [1.165, 1.54) is 4.31 Å². The molecule has 1 heterocycles. The topological polar surface area (TPSA) is 74.7 Å². The van der Waals surface area contributed by atoms with Gasteiger partial charge in [-0.25, -0.2) is 12.7 Å². The van der Waals surface area contributed by atoms with Crippen molar-refractivity contribution in [2.75, 3.05) is 18.8 Å². The molecule has 1 fully saturated rings. The van der Waals surface area contributed by atoms with E-state index in [0.29, 0.717) is 25.8 Å². The molecule has 0 aromatic carbocycles. The highest BCUT2D eigenvalue weighted by Gasteiger charge is 2.47. The Morgan fingerprint density at radius 2 is 1.95 bits per heavy atom. The van der Waals surface area contributed by atoms with Gasteiger partial charge in [-0.1, -0.05) is 34.1 Å². The van der Waals surface area contributed by atoms with Gasteiger partial charge in [-0.15, -0.1) is 0 Å². The van der Waals surface area contributed by atoms with Gasteiger partial charge in [0.25, 0.3) is 0 Å². The van der Waals surface area contributed by atoms with Crippen LogP contribution in [-0.2, 0) is 14.8 Å². The van der Waals surface area contributed by atoms with Crippen molar-refractivity contribution in [3.05, 3.63) is 0 Å². The fraction of sp³-hybridized carbons (Fsp3) is 0.929. The van der Waals surface area contributed by atoms with E-state index >= 15 is 0 Å². The summed E-state index contributed by atoms with van der Waals surface area (Å²) < 4.78 is 26.0. The molecule has 5 nitrogen and oxygen atoms in total. The lowest BCUT2D eigenvalue weighted by Gasteiger charge is -2.25. The van der Waals surface area contributed by atoms with Crippen LogP contribution in [0.25, 0.3) is 0 Å². The van der Waals surface area contributed by atoms with Crippen molar-refractivity contribution in [3.8, 4) is 0 Å². The van der Waals surface area contributed by atoms with Crippen molar-refractivity contribution in [3.63, 3.8) is 0 Å². The van der Waals surface area contributed by atoms with E-state index in [2.05, 4.69) is 0 Å². The Morgan fingerprint density at radius 1 is 1.35 bits per heavy atom. The predicted molar refractivity (Wildman–Crippen MR) is 79.0 cm³/mol. The Morgan fingerprint density at radius 3 is 2.40 bits per heavy atom. The second kappa shape index (κ2) is 6.02. The fourth-order valence-corrected chi connectivity index (χ4v) is 4.54. The zero-order valence-electron chi connectivity index (χ0n) is 13.0. The Bertz CT molecular complexity index is 452. The maximum absolute atomic E-state index is 12.3. The lowest BCUT2D eigenvalue weighted by atomic mass is 9.83. The SMILES string of the molecule is CCCC1(C(=O)O)CCN(S(=O)(=O)CCC(C)(C)C)C1. The third-order valence-corrected chi connectivity index (χ3v) is 5.82. The molecule has 0 bridgehead atoms. The van der Waals surface area contributed by atoms with Gasteiger partial charge in [-0.05, 0) is 24.7 Å². The Kier molecular flexibility index (Phi) is 5.24. The lowest BCUT2D eigenvalue weighted by Crippen LogP contribution is -2.38. The first-order chi connectivity index (χ1) is 9.02. The van der Waals surface area contributed by atoms with Crippen molar-refractivity contribution in [1.82, 2.24) is 4.31 Å². The van der Waals surface area contributed by atoms with E-state index in [-0.39, 0.29) is 17.7 Å². The highest BCUT2D eigenvalue weighted by Crippen LogP contribution is 2.37. The molecule has 1 saturated heterocycles. The smallest absolute Gasteiger partial charge is 0.311 e. The molecule has 1 aliphatic rings. The largest absolute Gasteiger partial charge is 0.481 e. The van der Waals surface area contributed by atoms with E-state index in [1.807, 2.05) is 27.7 Å². The fourth-order valence-electron chi connectivity index (χ4n) is 2.60. The van der Waals surface area contributed by atoms with Crippen LogP contribution in [-0.4, -0.2) is 42.6 Å².